The van der Waals surface area contributed by atoms with E-state index < -0.39 is 45.2 Å². The Kier molecular flexibility index (Phi) is 30.9. The van der Waals surface area contributed by atoms with Crippen molar-refractivity contribution >= 4 is 130 Å². The number of hydrogen-bond donors (Lipinski definition) is 8. The van der Waals surface area contributed by atoms with Gasteiger partial charge in [-0.05, 0) is 204 Å². The number of phenols is 1. The number of piperazine rings is 1. The number of nitrogens with two attached hydrogens (primary N) is 2. The molecule has 2 amide bonds. The van der Waals surface area contributed by atoms with Crippen LogP contribution in [-0.4, -0.2) is 106 Å². The zero-order chi connectivity index (χ0) is 82.1. The smallest absolute Gasteiger partial charge is 0.419 e. The molecule has 0 unspecified atom stereocenters. The number of hydrogen-bond acceptors (Lipinski definition) is 22. The summed E-state index contributed by atoms with van der Waals surface area (Å²) in [6, 6.07) is 45.4. The number of aliphatic carboxylic acids is 1. The second kappa shape index (κ2) is 40.4. The van der Waals surface area contributed by atoms with Gasteiger partial charge in [-0.2, -0.15) is 17.4 Å². The van der Waals surface area contributed by atoms with Gasteiger partial charge in [-0.25, -0.2) is 24.0 Å². The molecule has 34 nitrogen and oxygen atoms in total. The van der Waals surface area contributed by atoms with Crippen molar-refractivity contribution in [1.29, 1.82) is 0 Å². The first-order valence-electron chi connectivity index (χ1n) is 34.6. The zero-order valence-electron chi connectivity index (χ0n) is 63.1. The topological polar surface area (TPSA) is 482 Å². The second-order valence-corrected chi connectivity index (χ2v) is 28.6. The molecule has 0 aliphatic carbocycles. The van der Waals surface area contributed by atoms with Crippen LogP contribution in [0.25, 0.3) is 65.9 Å². The number of anilines is 2. The Morgan fingerprint density at radius 1 is 0.603 bits per heavy atom. The van der Waals surface area contributed by atoms with Crippen LogP contribution < -0.4 is 60.5 Å². The zero-order valence-corrected chi connectivity index (χ0v) is 68.3. The van der Waals surface area contributed by atoms with E-state index in [0.717, 1.165) is 70.3 Å². The number of phenolic OH excluding ortho intramolecular Hbond substituents is 1. The predicted molar refractivity (Wildman–Crippen MR) is 442 cm³/mol. The van der Waals surface area contributed by atoms with Crippen molar-refractivity contribution in [1.82, 2.24) is 52.9 Å². The molecule has 601 valence electrons. The number of nitrogens with zero attached hydrogens (tertiary/aromatic N) is 11. The van der Waals surface area contributed by atoms with E-state index in [1.54, 1.807) is 113 Å². The van der Waals surface area contributed by atoms with E-state index in [1.807, 2.05) is 97.6 Å². The number of carbonyl (C=O) groups is 3. The maximum absolute atomic E-state index is 12.7. The summed E-state index contributed by atoms with van der Waals surface area (Å²) in [5.41, 5.74) is 34.1. The van der Waals surface area contributed by atoms with E-state index in [9.17, 15) is 46.8 Å². The summed E-state index contributed by atoms with van der Waals surface area (Å²) >= 11 is 2.13. The second-order valence-electron chi connectivity index (χ2n) is 25.6. The Labute approximate surface area is 691 Å². The third kappa shape index (κ3) is 23.3. The third-order valence-electron chi connectivity index (χ3n) is 17.5. The molecule has 1 aliphatic heterocycles. The number of nitrogens with one attached hydrogen (secondary N) is 4. The largest absolute Gasteiger partial charge is 0.506 e. The van der Waals surface area contributed by atoms with Crippen molar-refractivity contribution in [3.05, 3.63) is 293 Å². The van der Waals surface area contributed by atoms with Crippen LogP contribution in [0, 0.1) is 29.3 Å². The molecule has 1 fully saturated rings. The Morgan fingerprint density at radius 3 is 1.54 bits per heavy atom. The van der Waals surface area contributed by atoms with Crippen LogP contribution in [0.15, 0.2) is 221 Å². The number of nitrogen functional groups attached to an aromatic ring is 1. The van der Waals surface area contributed by atoms with Gasteiger partial charge in [0.25, 0.3) is 22.0 Å². The number of carboxylic acids is 1. The van der Waals surface area contributed by atoms with Gasteiger partial charge in [0.15, 0.2) is 27.9 Å². The number of rotatable bonds is 14. The Bertz CT molecular complexity index is 6460. The van der Waals surface area contributed by atoms with E-state index in [1.165, 1.54) is 35.7 Å². The quantitative estimate of drug-likeness (QED) is 0.00956. The maximum atomic E-state index is 12.7. The van der Waals surface area contributed by atoms with Gasteiger partial charge in [-0.15, -0.1) is 12.4 Å². The third-order valence-corrected chi connectivity index (χ3v) is 19.8. The normalized spacial score (nSPS) is 11.9. The van der Waals surface area contributed by atoms with Crippen LogP contribution in [0.3, 0.4) is 0 Å². The molecule has 7 aromatic heterocycles. The molecule has 7 aromatic carbocycles. The Hall–Kier alpha value is -12.7. The summed E-state index contributed by atoms with van der Waals surface area (Å²) in [6.07, 6.45) is 3.12. The average Bonchev–Trinajstić information content (AvgIpc) is 1.74. The summed E-state index contributed by atoms with van der Waals surface area (Å²) in [5, 5.41) is 27.0. The molecular weight excluding hydrogens is 1690 g/mol. The molecule has 1 radical (unpaired) electrons. The molecule has 116 heavy (non-hydrogen) atoms. The van der Waals surface area contributed by atoms with Gasteiger partial charge in [0.1, 0.15) is 23.2 Å². The van der Waals surface area contributed by atoms with Crippen molar-refractivity contribution in [3.63, 3.8) is 0 Å². The molecule has 0 spiro atoms. The fraction of sp³-hybridized carbons (Fsp3) is 0.205. The van der Waals surface area contributed by atoms with E-state index in [4.69, 9.17) is 49.3 Å². The summed E-state index contributed by atoms with van der Waals surface area (Å²) in [6.45, 7) is 7.75. The monoisotopic (exact) mass is 1770 g/mol. The number of pyridine rings is 2. The minimum Gasteiger partial charge on any atom is -0.506 e. The van der Waals surface area contributed by atoms with E-state index >= 15 is 0 Å². The molecular formula is C78H77ClIN17O17SV. The van der Waals surface area contributed by atoms with Gasteiger partial charge >= 0.3 is 34.7 Å². The number of aromatic hydroxyl groups is 1. The number of H-pyrrole nitrogens is 1. The predicted octanol–water partition coefficient (Wildman–Crippen LogP) is 9.01. The average molecular weight is 1770 g/mol. The van der Waals surface area contributed by atoms with Gasteiger partial charge in [-0.1, -0.05) is 53.4 Å². The first-order chi connectivity index (χ1) is 54.4. The fourth-order valence-corrected chi connectivity index (χ4v) is 12.9. The molecule has 15 rings (SSSR count). The number of oxazole rings is 5. The molecule has 14 aromatic rings. The van der Waals surface area contributed by atoms with Crippen LogP contribution in [0.5, 0.6) is 5.75 Å². The standard InChI is InChI=1S/C30H30N6O7S.C15H12IN3O3.C9H8N4O2.C9H10N2O2.C8H7NO2.C7H9NO.ClH.V/c1-20(29(38)39)33-44(41,42)36-15-13-35(14-16-36)24-8-5-21(6-9-24)3-4-22-11-12-31-25(17-22)28(37)32-19-23-7-10-26-27(18-23)43-30(40)34(26)2;1-19-12-3-2-9(6-13(12)22-15(19)21)8-18-14(20)11-7-10(16)4-5-17-11;1-13-7-3-2-6(5-11-12-10)4-8(7)15-9(13)14;1-11-7-3-2-6(5-10)4-8(7)13-9(11)12;1-5-2-3-6-7(4-5)11-8(10)9-6;1-5-2-3-6(8)7(9)4-5;;/h5-12,17-18,20,33H,13-16,19H2,1-2H3,(H,32,37)(H,38,39);2-7H,8H2,1H3,(H,18,20);2-4H,5H2,1H3;2-4H,5,10H2,1H3;2-4H,1H3,(H,9,10);2-4,9H,8H2,1H3;1H;/t20-;;;;;;;/m1......./s1. The Morgan fingerprint density at radius 2 is 1.06 bits per heavy atom. The molecule has 38 heteroatoms. The van der Waals surface area contributed by atoms with Gasteiger partial charge < -0.3 is 59.3 Å². The van der Waals surface area contributed by atoms with Gasteiger partial charge in [0, 0.05) is 130 Å². The van der Waals surface area contributed by atoms with Crippen LogP contribution in [-0.2, 0) is 87.9 Å². The number of fused-ring (bicyclic) bond motifs is 5. The molecule has 1 aliphatic rings. The fourth-order valence-electron chi connectivity index (χ4n) is 11.1. The number of benzene rings is 7. The van der Waals surface area contributed by atoms with Gasteiger partial charge in [-0.3, -0.25) is 47.6 Å². The molecule has 0 saturated carbocycles. The number of aryl methyl sites for hydroxylation is 6. The van der Waals surface area contributed by atoms with Crippen molar-refractivity contribution < 1.29 is 73.7 Å². The summed E-state index contributed by atoms with van der Waals surface area (Å²) < 4.78 is 60.2. The van der Waals surface area contributed by atoms with Crippen LogP contribution in [0.4, 0.5) is 11.4 Å². The molecule has 10 N–H and O–H groups in total. The van der Waals surface area contributed by atoms with Crippen molar-refractivity contribution in [2.24, 2.45) is 39.0 Å². The number of aromatic amines is 1. The van der Waals surface area contributed by atoms with Gasteiger partial charge in [0.2, 0.25) is 0 Å². The van der Waals surface area contributed by atoms with Crippen molar-refractivity contribution in [3.8, 4) is 17.6 Å². The van der Waals surface area contributed by atoms with Crippen molar-refractivity contribution in [2.75, 3.05) is 36.8 Å². The number of carbonyl (C=O) groups excluding carboxylic acids is 2. The number of carboxylic acid groups (broad SMARTS) is 1. The van der Waals surface area contributed by atoms with Gasteiger partial charge in [0.05, 0.1) is 39.8 Å². The number of amides is 2. The summed E-state index contributed by atoms with van der Waals surface area (Å²) in [7, 11) is 2.70. The first kappa shape index (κ1) is 88.9. The number of halogens is 2. The molecule has 1 saturated heterocycles. The molecule has 8 heterocycles. The minimum atomic E-state index is -3.89. The number of azide groups is 1. The van der Waals surface area contributed by atoms with Crippen LogP contribution >= 0.6 is 35.0 Å². The van der Waals surface area contributed by atoms with E-state index in [0.29, 0.717) is 76.6 Å². The molecule has 0 bridgehead atoms. The Balaban J connectivity index is 0.000000193. The summed E-state index contributed by atoms with van der Waals surface area (Å²) in [4.78, 5) is 107. The SMILES string of the molecule is C[C@@H](NS(=O)(=O)N1CCN(c2ccc(C#Cc3ccnc(C(=O)NCc4ccc5c(c4)oc(=O)n5C)c3)cc2)CC1)C(=O)O.Cc1ccc(N)c(O)c1.Cc1ccc2[nH]c(=O)oc2c1.Cl.Cn1c(=O)oc2cc(CN)ccc21.Cn1c(=O)oc2cc(CN=[N+]=[N-])ccc21.Cn1c(=O)oc2cc(CNC(=O)c3cc(I)ccn3)ccc21.[V]. The maximum Gasteiger partial charge on any atom is 0.419 e. The first-order valence-corrected chi connectivity index (χ1v) is 37.2. The van der Waals surface area contributed by atoms with E-state index in [-0.39, 0.29) is 86.2 Å². The molecule has 1 atom stereocenters. The van der Waals surface area contributed by atoms with E-state index in [2.05, 4.69) is 74.8 Å². The number of aromatic nitrogens is 7. The van der Waals surface area contributed by atoms with Crippen LogP contribution in [0.1, 0.15) is 72.4 Å². The van der Waals surface area contributed by atoms with Crippen molar-refractivity contribution in [2.45, 2.75) is 53.0 Å². The minimum absolute atomic E-state index is 0. The summed E-state index contributed by atoms with van der Waals surface area (Å²) in [5.74, 6) is 2.46. The van der Waals surface area contributed by atoms with Crippen LogP contribution in [0.2, 0.25) is 0 Å².